The van der Waals surface area contributed by atoms with Gasteiger partial charge in [-0.15, -0.1) is 5.11 Å². The fourth-order valence-corrected chi connectivity index (χ4v) is 0.658. The van der Waals surface area contributed by atoms with Crippen LogP contribution in [0.25, 0.3) is 0 Å². The summed E-state index contributed by atoms with van der Waals surface area (Å²) < 4.78 is 0. The van der Waals surface area contributed by atoms with E-state index in [0.717, 1.165) is 5.69 Å². The van der Waals surface area contributed by atoms with Gasteiger partial charge in [0, 0.05) is 0 Å². The zero-order valence-electron chi connectivity index (χ0n) is 6.44. The molecule has 0 aromatic heterocycles. The molecule has 0 aliphatic heterocycles. The van der Waals surface area contributed by atoms with E-state index in [4.69, 9.17) is 5.26 Å². The molecule has 0 heterocycles. The van der Waals surface area contributed by atoms with Crippen LogP contribution in [-0.2, 0) is 0 Å². The Hall–Kier alpha value is -1.89. The Morgan fingerprint density at radius 1 is 1.33 bits per heavy atom. The van der Waals surface area contributed by atoms with Crippen LogP contribution in [-0.4, -0.2) is 6.54 Å². The molecule has 0 amide bonds. The minimum absolute atomic E-state index is 0.177. The third kappa shape index (κ3) is 2.80. The molecule has 12 heavy (non-hydrogen) atoms. The third-order valence-electron chi connectivity index (χ3n) is 1.15. The van der Waals surface area contributed by atoms with Crippen LogP contribution in [0, 0.1) is 11.3 Å². The molecular weight excluding hydrogens is 152 g/mol. The van der Waals surface area contributed by atoms with E-state index in [1.54, 1.807) is 0 Å². The van der Waals surface area contributed by atoms with Crippen molar-refractivity contribution in [2.24, 2.45) is 10.3 Å². The number of hydrogen-bond donors (Lipinski definition) is 1. The molecule has 0 saturated carbocycles. The van der Waals surface area contributed by atoms with Crippen molar-refractivity contribution < 1.29 is 0 Å². The monoisotopic (exact) mass is 160 g/mol. The number of rotatable bonds is 3. The van der Waals surface area contributed by atoms with Crippen LogP contribution in [0.2, 0.25) is 0 Å². The van der Waals surface area contributed by atoms with Gasteiger partial charge in [-0.2, -0.15) is 5.26 Å². The van der Waals surface area contributed by atoms with E-state index in [-0.39, 0.29) is 6.54 Å². The summed E-state index contributed by atoms with van der Waals surface area (Å²) in [5.41, 5.74) is 3.25. The zero-order chi connectivity index (χ0) is 8.65. The van der Waals surface area contributed by atoms with E-state index >= 15 is 0 Å². The van der Waals surface area contributed by atoms with E-state index in [0.29, 0.717) is 0 Å². The summed E-state index contributed by atoms with van der Waals surface area (Å²) in [6.07, 6.45) is 0. The van der Waals surface area contributed by atoms with Crippen LogP contribution in [0.5, 0.6) is 0 Å². The minimum Gasteiger partial charge on any atom is -0.277 e. The van der Waals surface area contributed by atoms with Gasteiger partial charge in [-0.25, -0.2) is 0 Å². The van der Waals surface area contributed by atoms with Gasteiger partial charge in [0.15, 0.2) is 0 Å². The number of benzene rings is 1. The maximum absolute atomic E-state index is 8.15. The zero-order valence-corrected chi connectivity index (χ0v) is 6.44. The maximum Gasteiger partial charge on any atom is 0.121 e. The molecule has 60 valence electrons. The lowest BCUT2D eigenvalue weighted by Gasteiger charge is -1.89. The van der Waals surface area contributed by atoms with Crippen LogP contribution in [0.4, 0.5) is 5.69 Å². The van der Waals surface area contributed by atoms with Gasteiger partial charge in [-0.05, 0) is 12.1 Å². The molecule has 0 fully saturated rings. The van der Waals surface area contributed by atoms with Crippen LogP contribution in [0.1, 0.15) is 0 Å². The SMILES string of the molecule is N#CCN/N=N/c1ccccc1. The second-order valence-electron chi connectivity index (χ2n) is 2.03. The summed E-state index contributed by atoms with van der Waals surface area (Å²) in [5.74, 6) is 0. The second kappa shape index (κ2) is 4.85. The molecule has 4 nitrogen and oxygen atoms in total. The number of hydrogen-bond acceptors (Lipinski definition) is 3. The fraction of sp³-hybridized carbons (Fsp3) is 0.125. The molecule has 1 N–H and O–H groups in total. The Balaban J connectivity index is 2.43. The highest BCUT2D eigenvalue weighted by Gasteiger charge is 1.82. The Labute approximate surface area is 70.5 Å². The maximum atomic E-state index is 8.15. The third-order valence-corrected chi connectivity index (χ3v) is 1.15. The number of nitrogens with zero attached hydrogens (tertiary/aromatic N) is 3. The summed E-state index contributed by atoms with van der Waals surface area (Å²) in [7, 11) is 0. The van der Waals surface area contributed by atoms with Gasteiger partial charge in [-0.1, -0.05) is 23.4 Å². The molecule has 0 spiro atoms. The molecule has 4 heteroatoms. The Bertz CT molecular complexity index is 286. The fourth-order valence-electron chi connectivity index (χ4n) is 0.658. The Morgan fingerprint density at radius 3 is 2.75 bits per heavy atom. The number of nitriles is 1. The van der Waals surface area contributed by atoms with E-state index < -0.39 is 0 Å². The first-order valence-electron chi connectivity index (χ1n) is 3.49. The molecule has 1 rings (SSSR count). The van der Waals surface area contributed by atoms with Gasteiger partial charge in [0.25, 0.3) is 0 Å². The summed E-state index contributed by atoms with van der Waals surface area (Å²) in [4.78, 5) is 0. The lowest BCUT2D eigenvalue weighted by Crippen LogP contribution is -2.02. The van der Waals surface area contributed by atoms with Crippen LogP contribution in [0.3, 0.4) is 0 Å². The van der Waals surface area contributed by atoms with Gasteiger partial charge >= 0.3 is 0 Å². The summed E-state index contributed by atoms with van der Waals surface area (Å²) in [6, 6.07) is 11.2. The molecule has 0 saturated heterocycles. The first-order chi connectivity index (χ1) is 5.93. The quantitative estimate of drug-likeness (QED) is 0.317. The lowest BCUT2D eigenvalue weighted by atomic mass is 10.3. The lowest BCUT2D eigenvalue weighted by molar-refractivity contribution is 0.770. The molecule has 0 unspecified atom stereocenters. The van der Waals surface area contributed by atoms with Crippen molar-refractivity contribution >= 4 is 5.69 Å². The molecule has 1 aromatic rings. The highest BCUT2D eigenvalue weighted by Crippen LogP contribution is 2.08. The smallest absolute Gasteiger partial charge is 0.121 e. The van der Waals surface area contributed by atoms with Crippen molar-refractivity contribution in [1.82, 2.24) is 5.43 Å². The highest BCUT2D eigenvalue weighted by molar-refractivity contribution is 5.34. The predicted octanol–water partition coefficient (Wildman–Crippen LogP) is 1.80. The van der Waals surface area contributed by atoms with Gasteiger partial charge in [0.2, 0.25) is 0 Å². The van der Waals surface area contributed by atoms with Gasteiger partial charge in [0.1, 0.15) is 6.54 Å². The van der Waals surface area contributed by atoms with Crippen molar-refractivity contribution in [3.63, 3.8) is 0 Å². The van der Waals surface area contributed by atoms with Crippen molar-refractivity contribution in [3.8, 4) is 6.07 Å². The summed E-state index contributed by atoms with van der Waals surface area (Å²) in [6.45, 7) is 0.177. The minimum atomic E-state index is 0.177. The van der Waals surface area contributed by atoms with Gasteiger partial charge in [-0.3, -0.25) is 5.43 Å². The average molecular weight is 160 g/mol. The van der Waals surface area contributed by atoms with E-state index in [1.165, 1.54) is 0 Å². The topological polar surface area (TPSA) is 60.5 Å². The second-order valence-corrected chi connectivity index (χ2v) is 2.03. The summed E-state index contributed by atoms with van der Waals surface area (Å²) in [5, 5.41) is 15.5. The molecule has 0 bridgehead atoms. The van der Waals surface area contributed by atoms with Crippen molar-refractivity contribution in [2.75, 3.05) is 6.54 Å². The molecule has 1 aromatic carbocycles. The molecule has 0 aliphatic rings. The largest absolute Gasteiger partial charge is 0.277 e. The molecular formula is C8H8N4. The predicted molar refractivity (Wildman–Crippen MR) is 44.6 cm³/mol. The summed E-state index contributed by atoms with van der Waals surface area (Å²) >= 11 is 0. The molecule has 0 aliphatic carbocycles. The van der Waals surface area contributed by atoms with Crippen LogP contribution in [0.15, 0.2) is 40.7 Å². The molecule has 0 atom stereocenters. The standard InChI is InChI=1S/C8H8N4/c9-6-7-10-12-11-8-4-2-1-3-5-8/h1-5H,7H2,(H,10,11). The van der Waals surface area contributed by atoms with Crippen LogP contribution >= 0.6 is 0 Å². The highest BCUT2D eigenvalue weighted by atomic mass is 15.4. The first-order valence-corrected chi connectivity index (χ1v) is 3.49. The first kappa shape index (κ1) is 8.21. The van der Waals surface area contributed by atoms with E-state index in [2.05, 4.69) is 15.8 Å². The number of nitrogens with one attached hydrogen (secondary N) is 1. The Morgan fingerprint density at radius 2 is 2.08 bits per heavy atom. The van der Waals surface area contributed by atoms with Gasteiger partial charge in [0.05, 0.1) is 11.8 Å². The Kier molecular flexibility index (Phi) is 3.32. The average Bonchev–Trinajstić information content (AvgIpc) is 2.14. The molecule has 0 radical (unpaired) electrons. The normalized spacial score (nSPS) is 9.58. The van der Waals surface area contributed by atoms with Crippen molar-refractivity contribution in [2.45, 2.75) is 0 Å². The van der Waals surface area contributed by atoms with Crippen LogP contribution < -0.4 is 5.43 Å². The van der Waals surface area contributed by atoms with E-state index in [9.17, 15) is 0 Å². The van der Waals surface area contributed by atoms with E-state index in [1.807, 2.05) is 36.4 Å². The van der Waals surface area contributed by atoms with Crippen molar-refractivity contribution in [3.05, 3.63) is 30.3 Å². The van der Waals surface area contributed by atoms with Gasteiger partial charge < -0.3 is 0 Å². The van der Waals surface area contributed by atoms with Crippen molar-refractivity contribution in [1.29, 1.82) is 5.26 Å².